The maximum Gasteiger partial charge on any atom is 0.165 e. The largest absolute Gasteiger partial charge is 0.808 e. The minimum Gasteiger partial charge on any atom is -0.808 e. The Morgan fingerprint density at radius 2 is 2.17 bits per heavy atom. The van der Waals surface area contributed by atoms with Gasteiger partial charge in [-0.05, 0) is 14.0 Å². The molecule has 0 aromatic carbocycles. The Bertz CT molecular complexity index is 632. The Hall–Kier alpha value is -1.76. The molecule has 2 aromatic heterocycles. The molecule has 2 N–H and O–H groups in total. The molecular formula is C9H10N5O3P-2. The van der Waals surface area contributed by atoms with Crippen LogP contribution in [0.2, 0.25) is 0 Å². The van der Waals surface area contributed by atoms with E-state index in [1.165, 1.54) is 18.7 Å². The number of nitrogens with zero attached hydrogens (tertiary/aromatic N) is 4. The van der Waals surface area contributed by atoms with Gasteiger partial charge in [-0.2, -0.15) is 0 Å². The summed E-state index contributed by atoms with van der Waals surface area (Å²) in [5, 5.41) is 0. The summed E-state index contributed by atoms with van der Waals surface area (Å²) in [4.78, 5) is 32.7. The number of rotatable bonds is 4. The number of allylic oxidation sites excluding steroid dienone is 1. The van der Waals surface area contributed by atoms with Crippen molar-refractivity contribution < 1.29 is 14.4 Å². The van der Waals surface area contributed by atoms with Crippen LogP contribution in [0.25, 0.3) is 11.2 Å². The molecule has 8 nitrogen and oxygen atoms in total. The maximum absolute atomic E-state index is 10.4. The van der Waals surface area contributed by atoms with Crippen molar-refractivity contribution in [3.8, 4) is 0 Å². The summed E-state index contributed by atoms with van der Waals surface area (Å²) in [5.74, 6) is 0.952. The third kappa shape index (κ3) is 2.92. The molecule has 2 aromatic rings. The smallest absolute Gasteiger partial charge is 0.165 e. The Labute approximate surface area is 102 Å². The van der Waals surface area contributed by atoms with Gasteiger partial charge in [0.05, 0.1) is 6.33 Å². The van der Waals surface area contributed by atoms with Gasteiger partial charge < -0.3 is 24.7 Å². The molecule has 0 spiro atoms. The van der Waals surface area contributed by atoms with Crippen LogP contribution in [0.3, 0.4) is 0 Å². The zero-order valence-corrected chi connectivity index (χ0v) is 10.2. The Morgan fingerprint density at radius 3 is 2.89 bits per heavy atom. The van der Waals surface area contributed by atoms with Crippen LogP contribution in [0.15, 0.2) is 24.5 Å². The lowest BCUT2D eigenvalue weighted by molar-refractivity contribution is -0.308. The minimum absolute atomic E-state index is 0.290. The Balaban J connectivity index is 2.11. The van der Waals surface area contributed by atoms with Crippen LogP contribution >= 0.6 is 7.60 Å². The van der Waals surface area contributed by atoms with E-state index in [0.29, 0.717) is 29.9 Å². The zero-order valence-electron chi connectivity index (χ0n) is 9.26. The Morgan fingerprint density at radius 1 is 1.39 bits per heavy atom. The van der Waals surface area contributed by atoms with Gasteiger partial charge in [-0.3, -0.25) is 0 Å². The average Bonchev–Trinajstić information content (AvgIpc) is 2.68. The van der Waals surface area contributed by atoms with Gasteiger partial charge in [0, 0.05) is 6.54 Å². The van der Waals surface area contributed by atoms with E-state index < -0.39 is 7.60 Å². The molecule has 9 heteroatoms. The molecule has 0 amide bonds. The number of fused-ring (bicyclic) bond motifs is 1. The summed E-state index contributed by atoms with van der Waals surface area (Å²) in [5.41, 5.74) is 6.69. The van der Waals surface area contributed by atoms with Crippen molar-refractivity contribution in [3.05, 3.63) is 24.5 Å². The fourth-order valence-corrected chi connectivity index (χ4v) is 1.89. The first-order valence-corrected chi connectivity index (χ1v) is 6.69. The highest BCUT2D eigenvalue weighted by Gasteiger charge is 2.06. The van der Waals surface area contributed by atoms with Crippen molar-refractivity contribution in [1.29, 1.82) is 0 Å². The van der Waals surface area contributed by atoms with Crippen LogP contribution < -0.4 is 15.5 Å². The highest BCUT2D eigenvalue weighted by Crippen LogP contribution is 2.24. The van der Waals surface area contributed by atoms with Crippen LogP contribution in [0.4, 0.5) is 5.82 Å². The first-order chi connectivity index (χ1) is 8.47. The molecule has 0 atom stereocenters. The summed E-state index contributed by atoms with van der Waals surface area (Å²) >= 11 is 0. The van der Waals surface area contributed by atoms with E-state index in [1.807, 2.05) is 0 Å². The van der Waals surface area contributed by atoms with Crippen molar-refractivity contribution in [2.45, 2.75) is 13.0 Å². The monoisotopic (exact) mass is 267 g/mol. The molecule has 96 valence electrons. The fraction of sp³-hybridized carbons (Fsp3) is 0.222. The van der Waals surface area contributed by atoms with Gasteiger partial charge in [0.15, 0.2) is 11.5 Å². The second-order valence-electron chi connectivity index (χ2n) is 3.58. The quantitative estimate of drug-likeness (QED) is 0.718. The molecule has 0 bridgehead atoms. The lowest BCUT2D eigenvalue weighted by atomic mass is 10.4. The van der Waals surface area contributed by atoms with Gasteiger partial charge in [-0.15, -0.1) is 0 Å². The third-order valence-corrected chi connectivity index (χ3v) is 2.83. The van der Waals surface area contributed by atoms with Gasteiger partial charge in [0.25, 0.3) is 0 Å². The van der Waals surface area contributed by atoms with Crippen LogP contribution in [0.1, 0.15) is 6.42 Å². The van der Waals surface area contributed by atoms with Gasteiger partial charge >= 0.3 is 0 Å². The summed E-state index contributed by atoms with van der Waals surface area (Å²) in [6, 6.07) is 0. The van der Waals surface area contributed by atoms with E-state index >= 15 is 0 Å². The number of aryl methyl sites for hydroxylation is 1. The van der Waals surface area contributed by atoms with Gasteiger partial charge in [0.2, 0.25) is 0 Å². The number of hydrogen-bond acceptors (Lipinski definition) is 7. The van der Waals surface area contributed by atoms with Gasteiger partial charge in [0.1, 0.15) is 11.8 Å². The van der Waals surface area contributed by atoms with E-state index in [-0.39, 0.29) is 5.82 Å². The molecule has 0 saturated carbocycles. The number of nitrogens with two attached hydrogens (primary N) is 1. The molecule has 18 heavy (non-hydrogen) atoms. The molecule has 0 aliphatic heterocycles. The van der Waals surface area contributed by atoms with E-state index in [2.05, 4.69) is 15.0 Å². The van der Waals surface area contributed by atoms with E-state index in [0.717, 1.165) is 0 Å². The second kappa shape index (κ2) is 4.85. The van der Waals surface area contributed by atoms with E-state index in [9.17, 15) is 14.4 Å². The van der Waals surface area contributed by atoms with Crippen LogP contribution in [0.5, 0.6) is 0 Å². The van der Waals surface area contributed by atoms with Gasteiger partial charge in [-0.25, -0.2) is 15.0 Å². The molecule has 2 rings (SSSR count). The molecular weight excluding hydrogens is 257 g/mol. The molecule has 0 fully saturated rings. The van der Waals surface area contributed by atoms with Crippen molar-refractivity contribution in [3.63, 3.8) is 0 Å². The Kier molecular flexibility index (Phi) is 3.42. The zero-order chi connectivity index (χ0) is 13.2. The molecule has 0 unspecified atom stereocenters. The molecule has 0 radical (unpaired) electrons. The first kappa shape index (κ1) is 12.7. The first-order valence-electron chi connectivity index (χ1n) is 5.08. The number of aromatic nitrogens is 4. The van der Waals surface area contributed by atoms with Crippen molar-refractivity contribution in [2.75, 3.05) is 5.73 Å². The molecule has 0 saturated heterocycles. The van der Waals surface area contributed by atoms with Crippen molar-refractivity contribution >= 4 is 24.6 Å². The topological polar surface area (TPSA) is 133 Å². The molecule has 0 aliphatic rings. The van der Waals surface area contributed by atoms with Crippen LogP contribution in [-0.2, 0) is 11.1 Å². The predicted molar refractivity (Wildman–Crippen MR) is 61.1 cm³/mol. The highest BCUT2D eigenvalue weighted by atomic mass is 31.2. The number of imidazole rings is 1. The van der Waals surface area contributed by atoms with Crippen molar-refractivity contribution in [1.82, 2.24) is 19.5 Å². The average molecular weight is 267 g/mol. The molecule has 2 heterocycles. The van der Waals surface area contributed by atoms with Crippen molar-refractivity contribution in [2.24, 2.45) is 0 Å². The van der Waals surface area contributed by atoms with Gasteiger partial charge in [-0.1, -0.05) is 11.9 Å². The van der Waals surface area contributed by atoms with E-state index in [4.69, 9.17) is 5.73 Å². The summed E-state index contributed by atoms with van der Waals surface area (Å²) in [6.45, 7) is 0.448. The number of nitrogen functional groups attached to an aromatic ring is 1. The van der Waals surface area contributed by atoms with E-state index in [1.54, 1.807) is 4.57 Å². The summed E-state index contributed by atoms with van der Waals surface area (Å²) in [7, 11) is -4.58. The lowest BCUT2D eigenvalue weighted by Crippen LogP contribution is -2.10. The summed E-state index contributed by atoms with van der Waals surface area (Å²) < 4.78 is 12.1. The fourth-order valence-electron chi connectivity index (χ4n) is 1.48. The lowest BCUT2D eigenvalue weighted by Gasteiger charge is -2.24. The van der Waals surface area contributed by atoms with Crippen LogP contribution in [0, 0.1) is 0 Å². The SMILES string of the molecule is Nc1ncnc2c1ncn2CC/C=C/P(=O)([O-])[O-]. The number of hydrogen-bond donors (Lipinski definition) is 1. The highest BCUT2D eigenvalue weighted by molar-refractivity contribution is 7.52. The van der Waals surface area contributed by atoms with Crippen LogP contribution in [-0.4, -0.2) is 19.5 Å². The number of anilines is 1. The predicted octanol–water partition coefficient (Wildman–Crippen LogP) is -0.774. The normalized spacial score (nSPS) is 12.6. The molecule has 0 aliphatic carbocycles. The standard InChI is InChI=1S/C9H12N5O3P/c10-8-7-9(12-5-11-8)14(6-13-7)3-1-2-4-18(15,16)17/h2,4-6H,1,3H2,(H2,10,11,12)(H2,15,16,17)/p-2/b4-2+. The summed E-state index contributed by atoms with van der Waals surface area (Å²) in [6.07, 6.45) is 4.55. The third-order valence-electron chi connectivity index (χ3n) is 2.25. The minimum atomic E-state index is -4.58. The second-order valence-corrected chi connectivity index (χ2v) is 4.96. The maximum atomic E-state index is 10.4.